The number of fused-ring (bicyclic) bond motifs is 3. The summed E-state index contributed by atoms with van der Waals surface area (Å²) >= 11 is 6.61. The maximum atomic E-state index is 15.5. The molecule has 0 radical (unpaired) electrons. The van der Waals surface area contributed by atoms with Gasteiger partial charge >= 0.3 is 0 Å². The number of aromatic nitrogens is 5. The van der Waals surface area contributed by atoms with Crippen molar-refractivity contribution < 1.29 is 37.0 Å². The summed E-state index contributed by atoms with van der Waals surface area (Å²) in [6.07, 6.45) is 7.83. The first kappa shape index (κ1) is 41.4. The van der Waals surface area contributed by atoms with Crippen LogP contribution in [-0.2, 0) is 19.1 Å². The molecule has 3 aromatic heterocycles. The summed E-state index contributed by atoms with van der Waals surface area (Å²) in [7, 11) is 0. The zero-order valence-corrected chi connectivity index (χ0v) is 35.1. The summed E-state index contributed by atoms with van der Waals surface area (Å²) in [6.45, 7) is 3.75. The van der Waals surface area contributed by atoms with Crippen molar-refractivity contribution in [1.82, 2.24) is 34.6 Å². The third-order valence-electron chi connectivity index (χ3n) is 14.2. The molecule has 5 atom stereocenters. The number of imide groups is 1. The molecule has 6 aliphatic rings. The van der Waals surface area contributed by atoms with Crippen LogP contribution in [0.2, 0.25) is 5.02 Å². The number of halogens is 4. The number of amides is 3. The predicted octanol–water partition coefficient (Wildman–Crippen LogP) is 6.62. The van der Waals surface area contributed by atoms with Crippen molar-refractivity contribution in [3.63, 3.8) is 0 Å². The van der Waals surface area contributed by atoms with E-state index in [1.807, 2.05) is 24.3 Å². The molecular formula is C44H51ClF3N9O5. The highest BCUT2D eigenvalue weighted by Gasteiger charge is 2.40. The number of hydrogen-bond donors (Lipinski definition) is 2. The summed E-state index contributed by atoms with van der Waals surface area (Å²) < 4.78 is 59.0. The quantitative estimate of drug-likeness (QED) is 0.149. The van der Waals surface area contributed by atoms with Gasteiger partial charge in [0.1, 0.15) is 17.6 Å². The fourth-order valence-electron chi connectivity index (χ4n) is 10.6. The Hall–Kier alpha value is -4.58. The summed E-state index contributed by atoms with van der Waals surface area (Å²) in [5, 5.41) is 14.2. The molecule has 10 rings (SSSR count). The smallest absolute Gasteiger partial charge is 0.284 e. The average Bonchev–Trinajstić information content (AvgIpc) is 4.06. The lowest BCUT2D eigenvalue weighted by Crippen LogP contribution is -2.48. The molecule has 2 aliphatic carbocycles. The first-order valence-electron chi connectivity index (χ1n) is 22.0. The maximum Gasteiger partial charge on any atom is 0.284 e. The molecule has 330 valence electrons. The molecular weight excluding hydrogens is 827 g/mol. The number of nitrogens with one attached hydrogen (secondary N) is 2. The molecule has 0 spiro atoms. The van der Waals surface area contributed by atoms with Crippen LogP contribution >= 0.6 is 11.6 Å². The minimum atomic E-state index is -2.88. The third kappa shape index (κ3) is 8.32. The van der Waals surface area contributed by atoms with Crippen molar-refractivity contribution in [3.05, 3.63) is 70.3 Å². The SMILES string of the molecule is O=C1CCC(c2ccc(C3CC(CO[C@H]4CCN(CC5CCC(n6cc(NC(=O)c7cnn8ccc(N9C[C@H]%10C[C@@H]9CO%10)nc78)c(C(F)F)n6)CC5)C[C@H]4F)C3)cc2Cl)C(=O)N1. The number of likely N-dealkylation sites (tertiary alicyclic amines) is 1. The molecule has 2 bridgehead atoms. The van der Waals surface area contributed by atoms with Crippen molar-refractivity contribution in [2.24, 2.45) is 11.8 Å². The number of rotatable bonds is 12. The van der Waals surface area contributed by atoms with Crippen LogP contribution in [0.15, 0.2) is 42.9 Å². The Balaban J connectivity index is 0.671. The summed E-state index contributed by atoms with van der Waals surface area (Å²) in [4.78, 5) is 46.5. The maximum absolute atomic E-state index is 15.5. The van der Waals surface area contributed by atoms with Gasteiger partial charge in [-0.2, -0.15) is 10.2 Å². The van der Waals surface area contributed by atoms with E-state index in [4.69, 9.17) is 26.1 Å². The van der Waals surface area contributed by atoms with E-state index in [0.29, 0.717) is 67.4 Å². The van der Waals surface area contributed by atoms with Gasteiger partial charge in [-0.3, -0.25) is 29.3 Å². The average molecular weight is 878 g/mol. The fraction of sp³-hybridized carbons (Fsp3) is 0.591. The molecule has 7 heterocycles. The van der Waals surface area contributed by atoms with Crippen LogP contribution in [0.3, 0.4) is 0 Å². The van der Waals surface area contributed by atoms with Crippen LogP contribution in [0.5, 0.6) is 0 Å². The molecule has 1 aromatic carbocycles. The zero-order valence-electron chi connectivity index (χ0n) is 34.3. The monoisotopic (exact) mass is 877 g/mol. The Morgan fingerprint density at radius 3 is 2.60 bits per heavy atom. The van der Waals surface area contributed by atoms with E-state index in [0.717, 1.165) is 81.5 Å². The van der Waals surface area contributed by atoms with E-state index in [1.54, 1.807) is 10.9 Å². The van der Waals surface area contributed by atoms with Crippen LogP contribution < -0.4 is 15.5 Å². The van der Waals surface area contributed by atoms with E-state index in [-0.39, 0.29) is 41.3 Å². The second-order valence-electron chi connectivity index (χ2n) is 18.2. The standard InChI is InChI=1S/C44H51ClF3N9O5/c45-34-15-26(3-6-31(34)32-7-8-39(58)52-43(32)59)27-13-25(14-27)22-62-37-9-11-54(20-35(37)46)18-24-1-4-28(5-2-24)57-21-36(40(53-57)41(47)48)50-44(60)33-17-49-56-12-10-38(51-42(33)56)55-19-30-16-29(55)23-61-30/h3,6,10,12,15,17,21,24-25,27-30,32,35,37,41H,1-2,4-5,7-9,11,13-14,16,18-20,22-23H2,(H,50,60)(H,52,58,59)/t24?,25?,27?,28?,29-,30-,32?,35-,37+/m1/s1. The van der Waals surface area contributed by atoms with Gasteiger partial charge in [0.05, 0.1) is 48.7 Å². The second-order valence-corrected chi connectivity index (χ2v) is 18.6. The number of carbonyl (C=O) groups is 3. The van der Waals surface area contributed by atoms with Crippen LogP contribution in [0.1, 0.15) is 116 Å². The molecule has 1 unspecified atom stereocenters. The summed E-state index contributed by atoms with van der Waals surface area (Å²) in [6, 6.07) is 7.87. The summed E-state index contributed by atoms with van der Waals surface area (Å²) in [5.41, 5.74) is 1.89. The Bertz CT molecular complexity index is 2330. The van der Waals surface area contributed by atoms with E-state index in [9.17, 15) is 23.2 Å². The van der Waals surface area contributed by atoms with Crippen molar-refractivity contribution >= 4 is 46.5 Å². The number of alkyl halides is 3. The first-order chi connectivity index (χ1) is 30.0. The van der Waals surface area contributed by atoms with Gasteiger partial charge in [-0.1, -0.05) is 23.7 Å². The highest BCUT2D eigenvalue weighted by Crippen LogP contribution is 2.44. The van der Waals surface area contributed by atoms with Gasteiger partial charge in [0.2, 0.25) is 11.8 Å². The molecule has 2 N–H and O–H groups in total. The van der Waals surface area contributed by atoms with Gasteiger partial charge < -0.3 is 19.7 Å². The lowest BCUT2D eigenvalue weighted by atomic mass is 9.71. The van der Waals surface area contributed by atoms with Crippen LogP contribution in [0, 0.1) is 11.8 Å². The number of piperidine rings is 2. The number of hydrogen-bond acceptors (Lipinski definition) is 10. The molecule has 3 amide bonds. The van der Waals surface area contributed by atoms with Gasteiger partial charge in [0.25, 0.3) is 12.3 Å². The van der Waals surface area contributed by atoms with Gasteiger partial charge in [-0.05, 0) is 98.8 Å². The van der Waals surface area contributed by atoms with Gasteiger partial charge in [-0.15, -0.1) is 0 Å². The Morgan fingerprint density at radius 2 is 1.87 bits per heavy atom. The van der Waals surface area contributed by atoms with Crippen LogP contribution in [-0.4, -0.2) is 111 Å². The molecule has 14 nitrogen and oxygen atoms in total. The predicted molar refractivity (Wildman–Crippen MR) is 222 cm³/mol. The fourth-order valence-corrected chi connectivity index (χ4v) is 11.0. The van der Waals surface area contributed by atoms with Crippen molar-refractivity contribution in [1.29, 1.82) is 0 Å². The minimum absolute atomic E-state index is 0.0314. The molecule has 2 saturated carbocycles. The lowest BCUT2D eigenvalue weighted by molar-refractivity contribution is -0.134. The van der Waals surface area contributed by atoms with Crippen molar-refractivity contribution in [2.75, 3.05) is 49.6 Å². The molecule has 62 heavy (non-hydrogen) atoms. The second kappa shape index (κ2) is 17.2. The molecule has 4 aliphatic heterocycles. The van der Waals surface area contributed by atoms with E-state index in [1.165, 1.54) is 16.9 Å². The number of benzene rings is 1. The van der Waals surface area contributed by atoms with Crippen LogP contribution in [0.25, 0.3) is 5.65 Å². The largest absolute Gasteiger partial charge is 0.375 e. The normalized spacial score (nSPS) is 30.3. The topological polar surface area (TPSA) is 148 Å². The number of anilines is 2. The number of carbonyl (C=O) groups excluding carboxylic acids is 3. The number of morpholine rings is 1. The first-order valence-corrected chi connectivity index (χ1v) is 22.4. The lowest BCUT2D eigenvalue weighted by Gasteiger charge is -2.40. The third-order valence-corrected chi connectivity index (χ3v) is 14.5. The highest BCUT2D eigenvalue weighted by atomic mass is 35.5. The van der Waals surface area contributed by atoms with Crippen LogP contribution in [0.4, 0.5) is 24.7 Å². The van der Waals surface area contributed by atoms with Gasteiger partial charge in [0.15, 0.2) is 11.3 Å². The summed E-state index contributed by atoms with van der Waals surface area (Å²) in [5.74, 6) is 0.211. The van der Waals surface area contributed by atoms with Gasteiger partial charge in [0, 0.05) is 56.6 Å². The zero-order chi connectivity index (χ0) is 42.6. The molecule has 6 fully saturated rings. The Kier molecular flexibility index (Phi) is 11.5. The van der Waals surface area contributed by atoms with Crippen molar-refractivity contribution in [2.45, 2.75) is 113 Å². The minimum Gasteiger partial charge on any atom is -0.375 e. The Morgan fingerprint density at radius 1 is 1.03 bits per heavy atom. The number of nitrogens with zero attached hydrogens (tertiary/aromatic N) is 7. The van der Waals surface area contributed by atoms with E-state index >= 15 is 4.39 Å². The molecule has 18 heteroatoms. The molecule has 4 aromatic rings. The van der Waals surface area contributed by atoms with Gasteiger partial charge in [-0.25, -0.2) is 22.7 Å². The number of ether oxygens (including phenoxy) is 2. The van der Waals surface area contributed by atoms with E-state index in [2.05, 4.69) is 30.6 Å². The van der Waals surface area contributed by atoms with Crippen molar-refractivity contribution in [3.8, 4) is 0 Å². The highest BCUT2D eigenvalue weighted by molar-refractivity contribution is 6.31. The van der Waals surface area contributed by atoms with E-state index < -0.39 is 36.2 Å². The molecule has 4 saturated heterocycles. The Labute approximate surface area is 361 Å².